The Bertz CT molecular complexity index is 301. The molecule has 0 radical (unpaired) electrons. The number of carbonyl (C=O) groups excluding carboxylic acids is 1. The fourth-order valence-electron chi connectivity index (χ4n) is 3.13. The summed E-state index contributed by atoms with van der Waals surface area (Å²) in [5, 5.41) is 3.13. The third kappa shape index (κ3) is 4.03. The Labute approximate surface area is 133 Å². The lowest BCUT2D eigenvalue weighted by molar-refractivity contribution is -0.142. The molecule has 1 fully saturated rings. The fraction of sp³-hybridized carbons (Fsp3) is 0.929. The van der Waals surface area contributed by atoms with E-state index in [1.165, 1.54) is 0 Å². The summed E-state index contributed by atoms with van der Waals surface area (Å²) in [6.45, 7) is 4.34. The molecule has 0 spiro atoms. The highest BCUT2D eigenvalue weighted by atomic mass is 35.5. The van der Waals surface area contributed by atoms with E-state index in [9.17, 15) is 4.79 Å². The fourth-order valence-corrected chi connectivity index (χ4v) is 3.62. The molecule has 3 N–H and O–H groups in total. The van der Waals surface area contributed by atoms with E-state index in [1.807, 2.05) is 6.26 Å². The first-order valence-corrected chi connectivity index (χ1v) is 8.52. The Kier molecular flexibility index (Phi) is 9.14. The first-order chi connectivity index (χ1) is 9.05. The summed E-state index contributed by atoms with van der Waals surface area (Å²) in [5.41, 5.74) is 6.00. The molecule has 4 nitrogen and oxygen atoms in total. The third-order valence-corrected chi connectivity index (χ3v) is 5.32. The summed E-state index contributed by atoms with van der Waals surface area (Å²) < 4.78 is 5.54. The van der Waals surface area contributed by atoms with Crippen LogP contribution < -0.4 is 11.1 Å². The number of carbonyl (C=O) groups is 1. The van der Waals surface area contributed by atoms with Crippen LogP contribution >= 0.6 is 24.2 Å². The molecule has 3 atom stereocenters. The van der Waals surface area contributed by atoms with Crippen LogP contribution in [0.2, 0.25) is 0 Å². The van der Waals surface area contributed by atoms with Gasteiger partial charge in [0.15, 0.2) is 0 Å². The normalized spacial score (nSPS) is 25.2. The topological polar surface area (TPSA) is 64.4 Å². The van der Waals surface area contributed by atoms with Crippen LogP contribution in [0.3, 0.4) is 0 Å². The molecule has 0 aromatic heterocycles. The van der Waals surface area contributed by atoms with E-state index in [1.54, 1.807) is 18.9 Å². The van der Waals surface area contributed by atoms with Gasteiger partial charge >= 0.3 is 0 Å². The second-order valence-corrected chi connectivity index (χ2v) is 6.34. The molecule has 0 aromatic carbocycles. The minimum atomic E-state index is -0.388. The van der Waals surface area contributed by atoms with Crippen molar-refractivity contribution < 1.29 is 9.53 Å². The van der Waals surface area contributed by atoms with Crippen molar-refractivity contribution in [3.05, 3.63) is 0 Å². The minimum absolute atomic E-state index is 0. The van der Waals surface area contributed by atoms with Crippen LogP contribution in [0, 0.1) is 5.41 Å². The van der Waals surface area contributed by atoms with Crippen molar-refractivity contribution in [2.45, 2.75) is 57.7 Å². The number of hydrogen-bond acceptors (Lipinski definition) is 4. The Morgan fingerprint density at radius 2 is 2.10 bits per heavy atom. The Morgan fingerprint density at radius 3 is 2.55 bits per heavy atom. The zero-order valence-corrected chi connectivity index (χ0v) is 14.6. The van der Waals surface area contributed by atoms with Gasteiger partial charge < -0.3 is 15.8 Å². The lowest BCUT2D eigenvalue weighted by Crippen LogP contribution is -2.65. The predicted molar refractivity (Wildman–Crippen MR) is 88.6 cm³/mol. The number of methoxy groups -OCH3 is 1. The maximum absolute atomic E-state index is 12.1. The molecule has 1 saturated carbocycles. The smallest absolute Gasteiger partial charge is 0.237 e. The number of rotatable bonds is 8. The van der Waals surface area contributed by atoms with E-state index in [0.717, 1.165) is 31.4 Å². The minimum Gasteiger partial charge on any atom is -0.381 e. The summed E-state index contributed by atoms with van der Waals surface area (Å²) in [4.78, 5) is 12.1. The van der Waals surface area contributed by atoms with Crippen LogP contribution in [0.5, 0.6) is 0 Å². The zero-order valence-electron chi connectivity index (χ0n) is 13.0. The average Bonchev–Trinajstić information content (AvgIpc) is 2.41. The Balaban J connectivity index is 0.00000361. The van der Waals surface area contributed by atoms with E-state index in [0.29, 0.717) is 0 Å². The molecule has 1 rings (SSSR count). The number of nitrogens with two attached hydrogens (primary N) is 1. The highest BCUT2D eigenvalue weighted by Gasteiger charge is 2.53. The maximum Gasteiger partial charge on any atom is 0.237 e. The van der Waals surface area contributed by atoms with Gasteiger partial charge in [0, 0.05) is 18.6 Å². The second-order valence-electron chi connectivity index (χ2n) is 5.35. The second kappa shape index (κ2) is 9.13. The molecule has 1 aliphatic rings. The van der Waals surface area contributed by atoms with E-state index in [2.05, 4.69) is 19.2 Å². The van der Waals surface area contributed by atoms with Gasteiger partial charge in [-0.2, -0.15) is 11.8 Å². The Hall–Kier alpha value is 0.0300. The van der Waals surface area contributed by atoms with Gasteiger partial charge in [-0.05, 0) is 37.7 Å². The van der Waals surface area contributed by atoms with Gasteiger partial charge in [-0.15, -0.1) is 12.4 Å². The van der Waals surface area contributed by atoms with Gasteiger partial charge in [-0.25, -0.2) is 0 Å². The van der Waals surface area contributed by atoms with Crippen LogP contribution in [-0.4, -0.2) is 43.2 Å². The van der Waals surface area contributed by atoms with E-state index in [4.69, 9.17) is 10.5 Å². The number of halogens is 1. The summed E-state index contributed by atoms with van der Waals surface area (Å²) in [7, 11) is 1.76. The van der Waals surface area contributed by atoms with Crippen molar-refractivity contribution >= 4 is 30.1 Å². The largest absolute Gasteiger partial charge is 0.381 e. The highest BCUT2D eigenvalue weighted by Crippen LogP contribution is 2.48. The van der Waals surface area contributed by atoms with Gasteiger partial charge in [0.05, 0.1) is 12.1 Å². The van der Waals surface area contributed by atoms with Crippen LogP contribution in [0.1, 0.15) is 39.5 Å². The first-order valence-electron chi connectivity index (χ1n) is 7.13. The lowest BCUT2D eigenvalue weighted by Gasteiger charge is -2.55. The molecular weight excluding hydrogens is 296 g/mol. The number of amides is 1. The van der Waals surface area contributed by atoms with Crippen molar-refractivity contribution in [2.24, 2.45) is 11.1 Å². The standard InChI is InChI=1S/C14H28N2O2S.ClH/c1-5-14(6-2)11(9-12(14)18-3)16-13(17)10(15)7-8-19-4;/h10-12H,5-9,15H2,1-4H3,(H,16,17);1H/t10-,11?,12?;/m0./s1. The summed E-state index contributed by atoms with van der Waals surface area (Å²) >= 11 is 1.72. The molecular formula is C14H29ClN2O2S. The van der Waals surface area contributed by atoms with Gasteiger partial charge in [-0.3, -0.25) is 4.79 Å². The quantitative estimate of drug-likeness (QED) is 0.718. The molecule has 120 valence electrons. The number of nitrogens with one attached hydrogen (secondary N) is 1. The first kappa shape index (κ1) is 20.0. The van der Waals surface area contributed by atoms with E-state index >= 15 is 0 Å². The monoisotopic (exact) mass is 324 g/mol. The van der Waals surface area contributed by atoms with Crippen LogP contribution in [0.15, 0.2) is 0 Å². The molecule has 20 heavy (non-hydrogen) atoms. The molecule has 0 aliphatic heterocycles. The van der Waals surface area contributed by atoms with Gasteiger partial charge in [-0.1, -0.05) is 13.8 Å². The molecule has 0 saturated heterocycles. The molecule has 0 aromatic rings. The SMILES string of the molecule is CCC1(CC)C(NC(=O)[C@@H](N)CCSC)CC1OC.Cl. The highest BCUT2D eigenvalue weighted by molar-refractivity contribution is 7.98. The number of ether oxygens (including phenoxy) is 1. The molecule has 0 bridgehead atoms. The van der Waals surface area contributed by atoms with Crippen molar-refractivity contribution in [1.29, 1.82) is 0 Å². The molecule has 6 heteroatoms. The van der Waals surface area contributed by atoms with E-state index < -0.39 is 0 Å². The van der Waals surface area contributed by atoms with Gasteiger partial charge in [0.1, 0.15) is 0 Å². The van der Waals surface area contributed by atoms with Crippen LogP contribution in [0.4, 0.5) is 0 Å². The third-order valence-electron chi connectivity index (χ3n) is 4.67. The summed E-state index contributed by atoms with van der Waals surface area (Å²) in [5.74, 6) is 0.909. The number of hydrogen-bond donors (Lipinski definition) is 2. The summed E-state index contributed by atoms with van der Waals surface area (Å²) in [6, 6.07) is -0.180. The molecule has 2 unspecified atom stereocenters. The molecule has 1 amide bonds. The van der Waals surface area contributed by atoms with E-state index in [-0.39, 0.29) is 41.9 Å². The summed E-state index contributed by atoms with van der Waals surface area (Å²) in [6.07, 6.45) is 5.96. The lowest BCUT2D eigenvalue weighted by atomic mass is 9.58. The van der Waals surface area contributed by atoms with Crippen LogP contribution in [-0.2, 0) is 9.53 Å². The molecule has 1 aliphatic carbocycles. The molecule has 0 heterocycles. The maximum atomic E-state index is 12.1. The van der Waals surface area contributed by atoms with Crippen molar-refractivity contribution in [3.8, 4) is 0 Å². The predicted octanol–water partition coefficient (Wildman–Crippen LogP) is 2.20. The average molecular weight is 325 g/mol. The van der Waals surface area contributed by atoms with Gasteiger partial charge in [0.25, 0.3) is 0 Å². The van der Waals surface area contributed by atoms with Crippen molar-refractivity contribution in [2.75, 3.05) is 19.1 Å². The Morgan fingerprint density at radius 1 is 1.50 bits per heavy atom. The van der Waals surface area contributed by atoms with Gasteiger partial charge in [0.2, 0.25) is 5.91 Å². The van der Waals surface area contributed by atoms with Crippen molar-refractivity contribution in [3.63, 3.8) is 0 Å². The zero-order chi connectivity index (χ0) is 14.5. The number of thioether (sulfide) groups is 1. The van der Waals surface area contributed by atoms with Crippen LogP contribution in [0.25, 0.3) is 0 Å². The van der Waals surface area contributed by atoms with Crippen molar-refractivity contribution in [1.82, 2.24) is 5.32 Å².